The van der Waals surface area contributed by atoms with E-state index in [2.05, 4.69) is 29.8 Å². The van der Waals surface area contributed by atoms with Crippen molar-refractivity contribution in [2.75, 3.05) is 13.1 Å². The summed E-state index contributed by atoms with van der Waals surface area (Å²) in [5.41, 5.74) is 1.91. The highest BCUT2D eigenvalue weighted by molar-refractivity contribution is 9.10. The largest absolute Gasteiger partial charge is 0.338 e. The Hall–Kier alpha value is -0.830. The van der Waals surface area contributed by atoms with Gasteiger partial charge in [-0.2, -0.15) is 0 Å². The van der Waals surface area contributed by atoms with Crippen LogP contribution in [0.4, 0.5) is 0 Å². The van der Waals surface area contributed by atoms with Gasteiger partial charge in [-0.1, -0.05) is 25.5 Å². The molecule has 2 atom stereocenters. The lowest BCUT2D eigenvalue weighted by Gasteiger charge is -2.35. The molecule has 1 aromatic carbocycles. The first-order valence-electron chi connectivity index (χ1n) is 6.52. The van der Waals surface area contributed by atoms with Crippen molar-refractivity contribution < 1.29 is 4.79 Å². The molecule has 0 saturated carbocycles. The SMILES string of the molecule is Cc1ccc(Br)c(C(=O)N2CC(C)CC(C)C2)c1. The number of carbonyl (C=O) groups excluding carboxylic acids is 1. The van der Waals surface area contributed by atoms with Crippen LogP contribution in [0.3, 0.4) is 0 Å². The Morgan fingerprint density at radius 2 is 1.89 bits per heavy atom. The van der Waals surface area contributed by atoms with Gasteiger partial charge in [0, 0.05) is 17.6 Å². The Morgan fingerprint density at radius 1 is 1.28 bits per heavy atom. The minimum absolute atomic E-state index is 0.156. The molecule has 0 N–H and O–H groups in total. The molecule has 1 fully saturated rings. The maximum absolute atomic E-state index is 12.6. The van der Waals surface area contributed by atoms with Crippen LogP contribution in [0.1, 0.15) is 36.2 Å². The number of halogens is 1. The molecule has 0 radical (unpaired) electrons. The highest BCUT2D eigenvalue weighted by Gasteiger charge is 2.26. The summed E-state index contributed by atoms with van der Waals surface area (Å²) in [7, 11) is 0. The molecule has 1 amide bonds. The zero-order valence-electron chi connectivity index (χ0n) is 11.2. The lowest BCUT2D eigenvalue weighted by Crippen LogP contribution is -2.42. The standard InChI is InChI=1S/C15H20BrNO/c1-10-4-5-14(16)13(7-10)15(18)17-8-11(2)6-12(3)9-17/h4-5,7,11-12H,6,8-9H2,1-3H3. The van der Waals surface area contributed by atoms with E-state index in [1.165, 1.54) is 6.42 Å². The molecule has 2 unspecified atom stereocenters. The van der Waals surface area contributed by atoms with E-state index in [9.17, 15) is 4.79 Å². The molecule has 0 aromatic heterocycles. The number of amides is 1. The molecule has 1 saturated heterocycles. The van der Waals surface area contributed by atoms with Crippen LogP contribution in [0.25, 0.3) is 0 Å². The molecule has 98 valence electrons. The molecule has 18 heavy (non-hydrogen) atoms. The van der Waals surface area contributed by atoms with Gasteiger partial charge in [0.15, 0.2) is 0 Å². The second-order valence-electron chi connectivity index (χ2n) is 5.64. The van der Waals surface area contributed by atoms with Crippen LogP contribution in [-0.2, 0) is 0 Å². The van der Waals surface area contributed by atoms with Crippen LogP contribution in [-0.4, -0.2) is 23.9 Å². The normalized spacial score (nSPS) is 24.1. The van der Waals surface area contributed by atoms with E-state index in [1.54, 1.807) is 0 Å². The Balaban J connectivity index is 2.22. The second-order valence-corrected chi connectivity index (χ2v) is 6.49. The number of aryl methyl sites for hydroxylation is 1. The fourth-order valence-corrected chi connectivity index (χ4v) is 3.22. The van der Waals surface area contributed by atoms with E-state index in [4.69, 9.17) is 0 Å². The number of carbonyl (C=O) groups is 1. The maximum atomic E-state index is 12.6. The van der Waals surface area contributed by atoms with E-state index in [0.29, 0.717) is 11.8 Å². The summed E-state index contributed by atoms with van der Waals surface area (Å²) in [5, 5.41) is 0. The zero-order chi connectivity index (χ0) is 13.3. The second kappa shape index (κ2) is 5.43. The molecule has 1 aromatic rings. The lowest BCUT2D eigenvalue weighted by molar-refractivity contribution is 0.0622. The maximum Gasteiger partial charge on any atom is 0.255 e. The first-order valence-corrected chi connectivity index (χ1v) is 7.32. The molecule has 2 rings (SSSR count). The molecule has 0 aliphatic carbocycles. The van der Waals surface area contributed by atoms with Crippen molar-refractivity contribution in [3.05, 3.63) is 33.8 Å². The van der Waals surface area contributed by atoms with Crippen LogP contribution >= 0.6 is 15.9 Å². The zero-order valence-corrected chi connectivity index (χ0v) is 12.8. The minimum atomic E-state index is 0.156. The molecule has 2 nitrogen and oxygen atoms in total. The van der Waals surface area contributed by atoms with Crippen molar-refractivity contribution in [2.24, 2.45) is 11.8 Å². The molecular formula is C15H20BrNO. The van der Waals surface area contributed by atoms with Gasteiger partial charge in [0.1, 0.15) is 0 Å². The van der Waals surface area contributed by atoms with E-state index in [-0.39, 0.29) is 5.91 Å². The summed E-state index contributed by atoms with van der Waals surface area (Å²) in [4.78, 5) is 14.6. The van der Waals surface area contributed by atoms with E-state index in [1.807, 2.05) is 30.0 Å². The van der Waals surface area contributed by atoms with Gasteiger partial charge >= 0.3 is 0 Å². The minimum Gasteiger partial charge on any atom is -0.338 e. The molecular weight excluding hydrogens is 290 g/mol. The number of rotatable bonds is 1. The number of likely N-dealkylation sites (tertiary alicyclic amines) is 1. The predicted molar refractivity (Wildman–Crippen MR) is 77.7 cm³/mol. The van der Waals surface area contributed by atoms with Crippen molar-refractivity contribution in [2.45, 2.75) is 27.2 Å². The van der Waals surface area contributed by atoms with Crippen molar-refractivity contribution in [1.82, 2.24) is 4.90 Å². The average Bonchev–Trinajstić information content (AvgIpc) is 2.30. The van der Waals surface area contributed by atoms with Gasteiger partial charge in [-0.15, -0.1) is 0 Å². The van der Waals surface area contributed by atoms with Gasteiger partial charge in [-0.3, -0.25) is 4.79 Å². The summed E-state index contributed by atoms with van der Waals surface area (Å²) in [6, 6.07) is 5.94. The van der Waals surface area contributed by atoms with Crippen LogP contribution in [0.15, 0.2) is 22.7 Å². The van der Waals surface area contributed by atoms with Crippen LogP contribution in [0, 0.1) is 18.8 Å². The van der Waals surface area contributed by atoms with Gasteiger partial charge in [-0.05, 0) is 53.2 Å². The Kier molecular flexibility index (Phi) is 4.10. The Morgan fingerprint density at radius 3 is 2.50 bits per heavy atom. The van der Waals surface area contributed by atoms with Crippen LogP contribution in [0.5, 0.6) is 0 Å². The van der Waals surface area contributed by atoms with Crippen molar-refractivity contribution >= 4 is 21.8 Å². The molecule has 1 heterocycles. The first-order chi connectivity index (χ1) is 8.47. The van der Waals surface area contributed by atoms with Crippen molar-refractivity contribution in [1.29, 1.82) is 0 Å². The monoisotopic (exact) mass is 309 g/mol. The molecule has 0 spiro atoms. The number of hydrogen-bond donors (Lipinski definition) is 0. The average molecular weight is 310 g/mol. The predicted octanol–water partition coefficient (Wildman–Crippen LogP) is 3.88. The van der Waals surface area contributed by atoms with Crippen LogP contribution in [0.2, 0.25) is 0 Å². The summed E-state index contributed by atoms with van der Waals surface area (Å²) in [6.45, 7) is 8.22. The highest BCUT2D eigenvalue weighted by Crippen LogP contribution is 2.25. The van der Waals surface area contributed by atoms with Crippen molar-refractivity contribution in [3.8, 4) is 0 Å². The summed E-state index contributed by atoms with van der Waals surface area (Å²) in [6.07, 6.45) is 1.22. The quantitative estimate of drug-likeness (QED) is 0.771. The van der Waals surface area contributed by atoms with Gasteiger partial charge in [0.05, 0.1) is 5.56 Å². The number of hydrogen-bond acceptors (Lipinski definition) is 1. The molecule has 0 bridgehead atoms. The van der Waals surface area contributed by atoms with Gasteiger partial charge < -0.3 is 4.90 Å². The molecule has 3 heteroatoms. The molecule has 1 aliphatic heterocycles. The third kappa shape index (κ3) is 2.94. The van der Waals surface area contributed by atoms with E-state index < -0.39 is 0 Å². The van der Waals surface area contributed by atoms with Crippen molar-refractivity contribution in [3.63, 3.8) is 0 Å². The summed E-state index contributed by atoms with van der Waals surface area (Å²) < 4.78 is 0.893. The topological polar surface area (TPSA) is 20.3 Å². The molecule has 1 aliphatic rings. The fourth-order valence-electron chi connectivity index (χ4n) is 2.80. The summed E-state index contributed by atoms with van der Waals surface area (Å²) in [5.74, 6) is 1.35. The summed E-state index contributed by atoms with van der Waals surface area (Å²) >= 11 is 3.48. The number of piperidine rings is 1. The Bertz CT molecular complexity index is 448. The third-order valence-electron chi connectivity index (χ3n) is 3.51. The first kappa shape index (κ1) is 13.6. The van der Waals surface area contributed by atoms with Gasteiger partial charge in [0.2, 0.25) is 0 Å². The Labute approximate surface area is 117 Å². The number of nitrogens with zero attached hydrogens (tertiary/aromatic N) is 1. The van der Waals surface area contributed by atoms with Gasteiger partial charge in [-0.25, -0.2) is 0 Å². The number of benzene rings is 1. The highest BCUT2D eigenvalue weighted by atomic mass is 79.9. The fraction of sp³-hybridized carbons (Fsp3) is 0.533. The van der Waals surface area contributed by atoms with Crippen LogP contribution < -0.4 is 0 Å². The third-order valence-corrected chi connectivity index (χ3v) is 4.20. The smallest absolute Gasteiger partial charge is 0.255 e. The van der Waals surface area contributed by atoms with Gasteiger partial charge in [0.25, 0.3) is 5.91 Å². The van der Waals surface area contributed by atoms with E-state index in [0.717, 1.165) is 28.7 Å². The lowest BCUT2D eigenvalue weighted by atomic mass is 9.91. The van der Waals surface area contributed by atoms with E-state index >= 15 is 0 Å².